The molecule has 1 aromatic rings. The van der Waals surface area contributed by atoms with Gasteiger partial charge in [0.05, 0.1) is 0 Å². The summed E-state index contributed by atoms with van der Waals surface area (Å²) in [6.07, 6.45) is 9.18. The van der Waals surface area contributed by atoms with Crippen molar-refractivity contribution in [3.05, 3.63) is 29.6 Å². The van der Waals surface area contributed by atoms with Gasteiger partial charge >= 0.3 is 0 Å². The third-order valence-corrected chi connectivity index (χ3v) is 5.05. The van der Waals surface area contributed by atoms with Gasteiger partial charge in [-0.15, -0.1) is 0 Å². The molecule has 0 spiro atoms. The van der Waals surface area contributed by atoms with E-state index in [0.717, 1.165) is 12.5 Å². The third-order valence-electron chi connectivity index (χ3n) is 4.01. The molecule has 19 heavy (non-hydrogen) atoms. The van der Waals surface area contributed by atoms with Gasteiger partial charge in [-0.3, -0.25) is 4.98 Å². The number of thioether (sulfide) groups is 1. The Morgan fingerprint density at radius 2 is 2.21 bits per heavy atom. The minimum Gasteiger partial charge on any atom is -0.310 e. The minimum absolute atomic E-state index is 0.488. The summed E-state index contributed by atoms with van der Waals surface area (Å²) >= 11 is 2.11. The lowest BCUT2D eigenvalue weighted by atomic mass is 9.90. The first kappa shape index (κ1) is 14.9. The van der Waals surface area contributed by atoms with Crippen LogP contribution in [0.25, 0.3) is 0 Å². The molecular weight excluding hydrogens is 252 g/mol. The van der Waals surface area contributed by atoms with Crippen LogP contribution < -0.4 is 5.32 Å². The maximum Gasteiger partial charge on any atom is 0.0340 e. The van der Waals surface area contributed by atoms with Gasteiger partial charge in [0, 0.05) is 18.4 Å². The van der Waals surface area contributed by atoms with Crippen molar-refractivity contribution in [3.8, 4) is 0 Å². The van der Waals surface area contributed by atoms with E-state index in [-0.39, 0.29) is 0 Å². The zero-order valence-corrected chi connectivity index (χ0v) is 13.0. The second kappa shape index (κ2) is 7.91. The lowest BCUT2D eigenvalue weighted by Gasteiger charge is -2.28. The van der Waals surface area contributed by atoms with Gasteiger partial charge in [0.25, 0.3) is 0 Å². The lowest BCUT2D eigenvalue weighted by Crippen LogP contribution is -2.26. The molecule has 1 fully saturated rings. The van der Waals surface area contributed by atoms with Crippen LogP contribution in [0, 0.1) is 12.8 Å². The first-order valence-electron chi connectivity index (χ1n) is 7.53. The molecule has 0 radical (unpaired) electrons. The molecule has 3 heteroatoms. The van der Waals surface area contributed by atoms with E-state index in [2.05, 4.69) is 48.2 Å². The topological polar surface area (TPSA) is 24.9 Å². The largest absolute Gasteiger partial charge is 0.310 e. The molecule has 106 valence electrons. The standard InChI is InChI=1S/C16H26N2S/c1-3-7-18-16(11-14-5-9-19-10-6-14)15-12-17-8-4-13(15)2/h4,8,12,14,16,18H,3,5-7,9-11H2,1-2H3. The van der Waals surface area contributed by atoms with Crippen LogP contribution in [-0.2, 0) is 0 Å². The Bertz CT molecular complexity index is 375. The van der Waals surface area contributed by atoms with Gasteiger partial charge in [-0.05, 0) is 73.8 Å². The SMILES string of the molecule is CCCNC(CC1CCSCC1)c1cnccc1C. The van der Waals surface area contributed by atoms with E-state index in [1.54, 1.807) is 0 Å². The van der Waals surface area contributed by atoms with Gasteiger partial charge in [0.2, 0.25) is 0 Å². The smallest absolute Gasteiger partial charge is 0.0340 e. The first-order valence-corrected chi connectivity index (χ1v) is 8.68. The zero-order chi connectivity index (χ0) is 13.5. The van der Waals surface area contributed by atoms with Crippen molar-refractivity contribution in [2.24, 2.45) is 5.92 Å². The molecule has 0 saturated carbocycles. The van der Waals surface area contributed by atoms with Gasteiger partial charge in [0.1, 0.15) is 0 Å². The van der Waals surface area contributed by atoms with Gasteiger partial charge in [-0.1, -0.05) is 6.92 Å². The predicted octanol–water partition coefficient (Wildman–Crippen LogP) is 3.96. The Morgan fingerprint density at radius 3 is 2.89 bits per heavy atom. The summed E-state index contributed by atoms with van der Waals surface area (Å²) in [5.41, 5.74) is 2.77. The highest BCUT2D eigenvalue weighted by Crippen LogP contribution is 2.31. The van der Waals surface area contributed by atoms with Crippen LogP contribution in [0.4, 0.5) is 0 Å². The van der Waals surface area contributed by atoms with E-state index >= 15 is 0 Å². The fraction of sp³-hybridized carbons (Fsp3) is 0.688. The third kappa shape index (κ3) is 4.50. The van der Waals surface area contributed by atoms with E-state index in [9.17, 15) is 0 Å². The van der Waals surface area contributed by atoms with Crippen molar-refractivity contribution < 1.29 is 0 Å². The summed E-state index contributed by atoms with van der Waals surface area (Å²) < 4.78 is 0. The quantitative estimate of drug-likeness (QED) is 0.852. The average Bonchev–Trinajstić information content (AvgIpc) is 2.45. The Kier molecular flexibility index (Phi) is 6.18. The molecule has 1 unspecified atom stereocenters. The van der Waals surface area contributed by atoms with Gasteiger partial charge in [-0.25, -0.2) is 0 Å². The van der Waals surface area contributed by atoms with Crippen molar-refractivity contribution >= 4 is 11.8 Å². The van der Waals surface area contributed by atoms with Crippen molar-refractivity contribution in [1.29, 1.82) is 0 Å². The summed E-state index contributed by atoms with van der Waals surface area (Å²) in [7, 11) is 0. The van der Waals surface area contributed by atoms with Crippen LogP contribution in [0.2, 0.25) is 0 Å². The molecule has 1 aromatic heterocycles. The molecule has 0 aromatic carbocycles. The van der Waals surface area contributed by atoms with Crippen LogP contribution in [-0.4, -0.2) is 23.0 Å². The molecule has 2 rings (SSSR count). The Morgan fingerprint density at radius 1 is 1.42 bits per heavy atom. The molecule has 1 saturated heterocycles. The monoisotopic (exact) mass is 278 g/mol. The molecule has 0 aliphatic carbocycles. The molecule has 0 bridgehead atoms. The molecule has 1 aliphatic rings. The van der Waals surface area contributed by atoms with Gasteiger partial charge in [0.15, 0.2) is 0 Å². The fourth-order valence-corrected chi connectivity index (χ4v) is 4.00. The van der Waals surface area contributed by atoms with Crippen LogP contribution in [0.15, 0.2) is 18.5 Å². The van der Waals surface area contributed by atoms with Crippen molar-refractivity contribution in [1.82, 2.24) is 10.3 Å². The summed E-state index contributed by atoms with van der Waals surface area (Å²) in [6, 6.07) is 2.62. The zero-order valence-electron chi connectivity index (χ0n) is 12.2. The molecule has 1 N–H and O–H groups in total. The number of rotatable bonds is 6. The number of nitrogens with zero attached hydrogens (tertiary/aromatic N) is 1. The number of hydrogen-bond donors (Lipinski definition) is 1. The van der Waals surface area contributed by atoms with Crippen LogP contribution >= 0.6 is 11.8 Å². The van der Waals surface area contributed by atoms with Crippen molar-refractivity contribution in [3.63, 3.8) is 0 Å². The normalized spacial score (nSPS) is 18.4. The second-order valence-electron chi connectivity index (χ2n) is 5.53. The second-order valence-corrected chi connectivity index (χ2v) is 6.76. The highest BCUT2D eigenvalue weighted by molar-refractivity contribution is 7.99. The molecular formula is C16H26N2S. The number of hydrogen-bond acceptors (Lipinski definition) is 3. The summed E-state index contributed by atoms with van der Waals surface area (Å²) in [4.78, 5) is 4.32. The Labute approximate surface area is 121 Å². The van der Waals surface area contributed by atoms with Crippen molar-refractivity contribution in [2.75, 3.05) is 18.1 Å². The number of pyridine rings is 1. The minimum atomic E-state index is 0.488. The molecule has 1 aliphatic heterocycles. The van der Waals surface area contributed by atoms with E-state index in [0.29, 0.717) is 6.04 Å². The van der Waals surface area contributed by atoms with Gasteiger partial charge in [-0.2, -0.15) is 11.8 Å². The van der Waals surface area contributed by atoms with Gasteiger partial charge < -0.3 is 5.32 Å². The number of aromatic nitrogens is 1. The van der Waals surface area contributed by atoms with Crippen molar-refractivity contribution in [2.45, 2.75) is 45.6 Å². The highest BCUT2D eigenvalue weighted by Gasteiger charge is 2.21. The Balaban J connectivity index is 2.04. The molecule has 2 heterocycles. The number of nitrogens with one attached hydrogen (secondary N) is 1. The van der Waals surface area contributed by atoms with E-state index < -0.39 is 0 Å². The molecule has 2 nitrogen and oxygen atoms in total. The Hall–Kier alpha value is -0.540. The average molecular weight is 278 g/mol. The summed E-state index contributed by atoms with van der Waals surface area (Å²) in [5.74, 6) is 3.57. The van der Waals surface area contributed by atoms with Crippen LogP contribution in [0.5, 0.6) is 0 Å². The predicted molar refractivity (Wildman–Crippen MR) is 84.7 cm³/mol. The molecule has 1 atom stereocenters. The van der Waals surface area contributed by atoms with Crippen LogP contribution in [0.1, 0.15) is 49.8 Å². The highest BCUT2D eigenvalue weighted by atomic mass is 32.2. The maximum atomic E-state index is 4.32. The first-order chi connectivity index (χ1) is 9.31. The lowest BCUT2D eigenvalue weighted by molar-refractivity contribution is 0.369. The van der Waals surface area contributed by atoms with Crippen LogP contribution in [0.3, 0.4) is 0 Å². The maximum absolute atomic E-state index is 4.32. The van der Waals surface area contributed by atoms with E-state index in [1.165, 1.54) is 48.3 Å². The van der Waals surface area contributed by atoms with E-state index in [4.69, 9.17) is 0 Å². The fourth-order valence-electron chi connectivity index (χ4n) is 2.80. The van der Waals surface area contributed by atoms with E-state index in [1.807, 2.05) is 6.20 Å². The summed E-state index contributed by atoms with van der Waals surface area (Å²) in [5, 5.41) is 3.73. The molecule has 0 amide bonds. The number of aryl methyl sites for hydroxylation is 1. The summed E-state index contributed by atoms with van der Waals surface area (Å²) in [6.45, 7) is 5.53.